The number of anilines is 1. The van der Waals surface area contributed by atoms with Gasteiger partial charge in [0, 0.05) is 49.9 Å². The van der Waals surface area contributed by atoms with Crippen molar-refractivity contribution in [3.8, 4) is 6.07 Å². The molecular weight excluding hydrogens is 636 g/mol. The molecule has 1 aromatic heterocycles. The predicted molar refractivity (Wildman–Crippen MR) is 181 cm³/mol. The van der Waals surface area contributed by atoms with E-state index in [0.717, 1.165) is 12.8 Å². The van der Waals surface area contributed by atoms with E-state index in [2.05, 4.69) is 5.32 Å². The van der Waals surface area contributed by atoms with Gasteiger partial charge in [-0.25, -0.2) is 14.4 Å². The number of nitrogens with two attached hydrogens (primary N) is 1. The number of nitriles is 1. The summed E-state index contributed by atoms with van der Waals surface area (Å²) >= 11 is 6.31. The molecule has 1 saturated heterocycles. The highest BCUT2D eigenvalue weighted by Gasteiger charge is 2.47. The highest BCUT2D eigenvalue weighted by Crippen LogP contribution is 2.31. The Morgan fingerprint density at radius 1 is 1.12 bits per heavy atom. The highest BCUT2D eigenvalue weighted by atomic mass is 35.5. The minimum absolute atomic E-state index is 0.0972. The van der Waals surface area contributed by atoms with Gasteiger partial charge >= 0.3 is 17.6 Å². The number of fused-ring (bicyclic) bond motifs is 2. The molecule has 6 rings (SSSR count). The zero-order valence-electron chi connectivity index (χ0n) is 26.9. The van der Waals surface area contributed by atoms with Crippen LogP contribution in [0.1, 0.15) is 57.6 Å². The summed E-state index contributed by atoms with van der Waals surface area (Å²) in [5.74, 6) is -0.339. The maximum atomic E-state index is 13.9. The van der Waals surface area contributed by atoms with Crippen LogP contribution in [0, 0.1) is 17.2 Å². The Labute approximate surface area is 281 Å². The number of amides is 4. The van der Waals surface area contributed by atoms with Crippen molar-refractivity contribution in [2.75, 3.05) is 25.0 Å². The van der Waals surface area contributed by atoms with Crippen LogP contribution in [0.4, 0.5) is 16.2 Å². The molecule has 0 spiro atoms. The molecule has 3 heterocycles. The van der Waals surface area contributed by atoms with E-state index in [9.17, 15) is 29.2 Å². The van der Waals surface area contributed by atoms with Crippen molar-refractivity contribution >= 4 is 57.9 Å². The van der Waals surface area contributed by atoms with E-state index < -0.39 is 18.0 Å². The number of nitrogens with one attached hydrogen (secondary N) is 1. The summed E-state index contributed by atoms with van der Waals surface area (Å²) < 4.78 is 4.43. The fourth-order valence-electron chi connectivity index (χ4n) is 6.66. The van der Waals surface area contributed by atoms with Gasteiger partial charge in [-0.2, -0.15) is 5.26 Å². The van der Waals surface area contributed by atoms with Gasteiger partial charge < -0.3 is 16.0 Å². The maximum Gasteiger partial charge on any atom is 0.411 e. The third kappa shape index (κ3) is 6.50. The molecule has 2 fully saturated rings. The van der Waals surface area contributed by atoms with E-state index in [4.69, 9.17) is 17.3 Å². The Balaban J connectivity index is 1.26. The minimum atomic E-state index is -0.686. The van der Waals surface area contributed by atoms with E-state index in [1.807, 2.05) is 24.8 Å². The SMILES string of the molecule is CC(C)n1c(=O)n(CC2CC2)c(=O)c2cc(NC(=O)N3CCN4C(CCCC(N)=O)C=[N+](c5ccc(C#N)c(Cl)c5)C(=O)C4C3)ccc21. The van der Waals surface area contributed by atoms with E-state index >= 15 is 0 Å². The highest BCUT2D eigenvalue weighted by molar-refractivity contribution is 6.32. The molecule has 2 aromatic carbocycles. The van der Waals surface area contributed by atoms with Crippen LogP contribution in [0.5, 0.6) is 0 Å². The van der Waals surface area contributed by atoms with Gasteiger partial charge in [-0.15, -0.1) is 4.58 Å². The number of piperazine rings is 1. The number of nitrogens with zero attached hydrogens (tertiary/aromatic N) is 6. The summed E-state index contributed by atoms with van der Waals surface area (Å²) in [6, 6.07) is 10.3. The van der Waals surface area contributed by atoms with Gasteiger partial charge in [-0.3, -0.25) is 23.6 Å². The molecule has 3 aliphatic rings. The number of hydrogen-bond acceptors (Lipinski definition) is 7. The molecule has 0 radical (unpaired) electrons. The summed E-state index contributed by atoms with van der Waals surface area (Å²) in [6.07, 6.45) is 5.08. The molecular formula is C34H38ClN8O5+. The normalized spacial score (nSPS) is 19.6. The van der Waals surface area contributed by atoms with Crippen LogP contribution < -0.4 is 22.3 Å². The van der Waals surface area contributed by atoms with Crippen LogP contribution >= 0.6 is 11.6 Å². The molecule has 2 unspecified atom stereocenters. The number of carbonyl (C=O) groups is 3. The predicted octanol–water partition coefficient (Wildman–Crippen LogP) is 3.18. The quantitative estimate of drug-likeness (QED) is 0.329. The van der Waals surface area contributed by atoms with Gasteiger partial charge in [0.25, 0.3) is 5.56 Å². The number of halogens is 1. The summed E-state index contributed by atoms with van der Waals surface area (Å²) in [5, 5.41) is 12.8. The van der Waals surface area contributed by atoms with E-state index in [0.29, 0.717) is 60.7 Å². The molecule has 2 aliphatic heterocycles. The summed E-state index contributed by atoms with van der Waals surface area (Å²) in [6.45, 7) is 5.02. The summed E-state index contributed by atoms with van der Waals surface area (Å²) in [7, 11) is 0. The van der Waals surface area contributed by atoms with Gasteiger partial charge in [0.05, 0.1) is 34.1 Å². The average Bonchev–Trinajstić information content (AvgIpc) is 3.88. The van der Waals surface area contributed by atoms with Gasteiger partial charge in [-0.05, 0) is 69.7 Å². The van der Waals surface area contributed by atoms with Crippen LogP contribution in [0.25, 0.3) is 10.9 Å². The number of urea groups is 1. The monoisotopic (exact) mass is 673 g/mol. The topological polar surface area (TPSA) is 167 Å². The molecule has 4 amide bonds. The minimum Gasteiger partial charge on any atom is -0.370 e. The number of primary amides is 1. The first-order valence-corrected chi connectivity index (χ1v) is 16.6. The molecule has 14 heteroatoms. The van der Waals surface area contributed by atoms with Crippen LogP contribution in [0.3, 0.4) is 0 Å². The van der Waals surface area contributed by atoms with Gasteiger partial charge in [0.2, 0.25) is 11.6 Å². The fraction of sp³-hybridized carbons (Fsp3) is 0.441. The van der Waals surface area contributed by atoms with E-state index in [1.165, 1.54) is 9.14 Å². The van der Waals surface area contributed by atoms with E-state index in [-0.39, 0.29) is 52.8 Å². The van der Waals surface area contributed by atoms with Crippen LogP contribution in [-0.2, 0) is 16.1 Å². The number of rotatable bonds is 9. The molecule has 250 valence electrons. The number of hydrogen-bond donors (Lipinski definition) is 2. The van der Waals surface area contributed by atoms with Crippen molar-refractivity contribution in [1.29, 1.82) is 5.26 Å². The van der Waals surface area contributed by atoms with Gasteiger partial charge in [-0.1, -0.05) is 11.6 Å². The van der Waals surface area contributed by atoms with Crippen molar-refractivity contribution in [3.05, 3.63) is 67.8 Å². The lowest BCUT2D eigenvalue weighted by Gasteiger charge is -2.43. The maximum absolute atomic E-state index is 13.9. The molecule has 3 N–H and O–H groups in total. The van der Waals surface area contributed by atoms with Crippen molar-refractivity contribution in [2.24, 2.45) is 11.7 Å². The van der Waals surface area contributed by atoms with Crippen molar-refractivity contribution < 1.29 is 19.0 Å². The smallest absolute Gasteiger partial charge is 0.370 e. The Morgan fingerprint density at radius 2 is 1.90 bits per heavy atom. The molecule has 48 heavy (non-hydrogen) atoms. The van der Waals surface area contributed by atoms with Gasteiger partial charge in [0.15, 0.2) is 12.3 Å². The number of benzene rings is 2. The zero-order valence-corrected chi connectivity index (χ0v) is 27.7. The second-order valence-electron chi connectivity index (χ2n) is 13.0. The lowest BCUT2D eigenvalue weighted by molar-refractivity contribution is -0.378. The van der Waals surface area contributed by atoms with Crippen LogP contribution in [0.2, 0.25) is 5.02 Å². The van der Waals surface area contributed by atoms with Crippen molar-refractivity contribution in [3.63, 3.8) is 0 Å². The Hall–Kier alpha value is -4.80. The number of carbonyl (C=O) groups excluding carboxylic acids is 3. The molecule has 1 saturated carbocycles. The third-order valence-electron chi connectivity index (χ3n) is 9.33. The Bertz CT molecular complexity index is 2010. The molecule has 2 atom stereocenters. The lowest BCUT2D eigenvalue weighted by Crippen LogP contribution is -2.65. The standard InChI is InChI=1S/C34H37ClN8O5/c1-20(2)43-28-11-9-23(14-26(28)31(45)42(34(43)48)17-21-6-7-21)38-33(47)39-12-13-40-25(4-3-5-30(37)44)18-41(32(46)29(40)19-39)24-10-8-22(16-36)27(35)15-24/h8-11,14-15,18,20-21,25,29H,3-7,12-13,17,19H2,1-2H3,(H2-,37,38,44,47)/p+1. The number of aromatic nitrogens is 2. The third-order valence-corrected chi connectivity index (χ3v) is 9.64. The Kier molecular flexibility index (Phi) is 9.22. The average molecular weight is 674 g/mol. The first kappa shape index (κ1) is 33.1. The first-order chi connectivity index (χ1) is 23.0. The zero-order chi connectivity index (χ0) is 34.3. The largest absolute Gasteiger partial charge is 0.411 e. The van der Waals surface area contributed by atoms with E-state index in [1.54, 1.807) is 52.1 Å². The van der Waals surface area contributed by atoms with Crippen molar-refractivity contribution in [2.45, 2.75) is 70.6 Å². The second kappa shape index (κ2) is 13.4. The molecule has 13 nitrogen and oxygen atoms in total. The lowest BCUT2D eigenvalue weighted by atomic mass is 9.99. The van der Waals surface area contributed by atoms with Crippen molar-refractivity contribution in [1.82, 2.24) is 18.9 Å². The van der Waals surface area contributed by atoms with Crippen LogP contribution in [0.15, 0.2) is 46.0 Å². The Morgan fingerprint density at radius 3 is 2.56 bits per heavy atom. The second-order valence-corrected chi connectivity index (χ2v) is 13.4. The molecule has 3 aromatic rings. The molecule has 1 aliphatic carbocycles. The fourth-order valence-corrected chi connectivity index (χ4v) is 6.87. The summed E-state index contributed by atoms with van der Waals surface area (Å²) in [5.41, 5.74) is 6.36. The van der Waals surface area contributed by atoms with Gasteiger partial charge in [0.1, 0.15) is 6.07 Å². The summed E-state index contributed by atoms with van der Waals surface area (Å²) in [4.78, 5) is 69.4. The van der Waals surface area contributed by atoms with Crippen LogP contribution in [-0.4, -0.2) is 79.3 Å². The molecule has 0 bridgehead atoms. The first-order valence-electron chi connectivity index (χ1n) is 16.2.